The van der Waals surface area contributed by atoms with Gasteiger partial charge in [0.2, 0.25) is 0 Å². The SMILES string of the molecule is NC1(C2CCC(C(=O)O)NC2)CCC1. The molecule has 4 N–H and O–H groups in total. The van der Waals surface area contributed by atoms with Gasteiger partial charge in [-0.1, -0.05) is 0 Å². The van der Waals surface area contributed by atoms with E-state index in [0.29, 0.717) is 5.92 Å². The fourth-order valence-corrected chi connectivity index (χ4v) is 2.55. The molecule has 14 heavy (non-hydrogen) atoms. The molecule has 2 unspecified atom stereocenters. The van der Waals surface area contributed by atoms with E-state index in [0.717, 1.165) is 32.2 Å². The maximum Gasteiger partial charge on any atom is 0.320 e. The molecule has 1 aliphatic carbocycles. The Hall–Kier alpha value is -0.610. The number of piperidine rings is 1. The van der Waals surface area contributed by atoms with E-state index in [-0.39, 0.29) is 11.6 Å². The fourth-order valence-electron chi connectivity index (χ4n) is 2.55. The van der Waals surface area contributed by atoms with E-state index in [1.807, 2.05) is 0 Å². The van der Waals surface area contributed by atoms with Gasteiger partial charge in [0.05, 0.1) is 0 Å². The van der Waals surface area contributed by atoms with Crippen LogP contribution in [0.15, 0.2) is 0 Å². The van der Waals surface area contributed by atoms with Crippen LogP contribution < -0.4 is 11.1 Å². The molecule has 0 spiro atoms. The second-order valence-corrected chi connectivity index (χ2v) is 4.66. The summed E-state index contributed by atoms with van der Waals surface area (Å²) in [5.41, 5.74) is 6.22. The van der Waals surface area contributed by atoms with E-state index in [4.69, 9.17) is 10.8 Å². The maximum atomic E-state index is 10.7. The lowest BCUT2D eigenvalue weighted by Crippen LogP contribution is -2.59. The minimum Gasteiger partial charge on any atom is -0.480 e. The number of nitrogens with two attached hydrogens (primary N) is 1. The van der Waals surface area contributed by atoms with E-state index in [2.05, 4.69) is 5.32 Å². The van der Waals surface area contributed by atoms with Crippen molar-refractivity contribution in [3.8, 4) is 0 Å². The number of nitrogens with one attached hydrogen (secondary N) is 1. The second-order valence-electron chi connectivity index (χ2n) is 4.66. The standard InChI is InChI=1S/C10H18N2O2/c11-10(4-1-5-10)7-2-3-8(9(13)14)12-6-7/h7-8,12H,1-6,11H2,(H,13,14). The molecule has 0 amide bonds. The number of hydrogen-bond acceptors (Lipinski definition) is 3. The third-order valence-electron chi connectivity index (χ3n) is 3.81. The molecule has 2 rings (SSSR count). The van der Waals surface area contributed by atoms with E-state index >= 15 is 0 Å². The maximum absolute atomic E-state index is 10.7. The van der Waals surface area contributed by atoms with E-state index in [1.165, 1.54) is 6.42 Å². The predicted molar refractivity (Wildman–Crippen MR) is 52.9 cm³/mol. The van der Waals surface area contributed by atoms with Gasteiger partial charge < -0.3 is 16.2 Å². The number of carbonyl (C=O) groups is 1. The summed E-state index contributed by atoms with van der Waals surface area (Å²) >= 11 is 0. The van der Waals surface area contributed by atoms with Crippen LogP contribution in [0.5, 0.6) is 0 Å². The highest BCUT2D eigenvalue weighted by atomic mass is 16.4. The first-order valence-electron chi connectivity index (χ1n) is 5.37. The molecular weight excluding hydrogens is 180 g/mol. The molecule has 0 aromatic carbocycles. The summed E-state index contributed by atoms with van der Waals surface area (Å²) < 4.78 is 0. The van der Waals surface area contributed by atoms with Gasteiger partial charge in [0.1, 0.15) is 6.04 Å². The summed E-state index contributed by atoms with van der Waals surface area (Å²) in [5, 5.41) is 11.9. The van der Waals surface area contributed by atoms with Crippen molar-refractivity contribution in [3.63, 3.8) is 0 Å². The van der Waals surface area contributed by atoms with Crippen molar-refractivity contribution in [1.82, 2.24) is 5.32 Å². The van der Waals surface area contributed by atoms with Gasteiger partial charge in [-0.25, -0.2) is 0 Å². The Morgan fingerprint density at radius 2 is 2.14 bits per heavy atom. The Bertz CT molecular complexity index is 230. The van der Waals surface area contributed by atoms with Crippen molar-refractivity contribution < 1.29 is 9.90 Å². The molecule has 4 heteroatoms. The normalized spacial score (nSPS) is 36.1. The zero-order valence-corrected chi connectivity index (χ0v) is 8.33. The van der Waals surface area contributed by atoms with Crippen molar-refractivity contribution in [2.24, 2.45) is 11.7 Å². The van der Waals surface area contributed by atoms with Gasteiger partial charge in [0, 0.05) is 12.1 Å². The van der Waals surface area contributed by atoms with Crippen LogP contribution in [0, 0.1) is 5.92 Å². The molecule has 2 atom stereocenters. The first kappa shape index (κ1) is 9.93. The molecule has 1 heterocycles. The van der Waals surface area contributed by atoms with Gasteiger partial charge in [0.15, 0.2) is 0 Å². The van der Waals surface area contributed by atoms with Crippen molar-refractivity contribution in [2.75, 3.05) is 6.54 Å². The summed E-state index contributed by atoms with van der Waals surface area (Å²) in [6, 6.07) is -0.352. The summed E-state index contributed by atoms with van der Waals surface area (Å²) in [7, 11) is 0. The number of rotatable bonds is 2. The van der Waals surface area contributed by atoms with Gasteiger partial charge in [-0.3, -0.25) is 4.79 Å². The lowest BCUT2D eigenvalue weighted by Gasteiger charge is -2.47. The van der Waals surface area contributed by atoms with Gasteiger partial charge in [-0.05, 0) is 38.0 Å². The summed E-state index contributed by atoms with van der Waals surface area (Å²) in [4.78, 5) is 10.7. The largest absolute Gasteiger partial charge is 0.480 e. The van der Waals surface area contributed by atoms with Crippen molar-refractivity contribution in [2.45, 2.75) is 43.7 Å². The lowest BCUT2D eigenvalue weighted by atomic mass is 9.66. The first-order valence-corrected chi connectivity index (χ1v) is 5.37. The Morgan fingerprint density at radius 3 is 2.50 bits per heavy atom. The van der Waals surface area contributed by atoms with E-state index < -0.39 is 5.97 Å². The Balaban J connectivity index is 1.86. The molecule has 2 fully saturated rings. The molecule has 80 valence electrons. The highest BCUT2D eigenvalue weighted by Gasteiger charge is 2.42. The number of carboxylic acid groups (broad SMARTS) is 1. The Kier molecular flexibility index (Phi) is 2.49. The third-order valence-corrected chi connectivity index (χ3v) is 3.81. The highest BCUT2D eigenvalue weighted by Crippen LogP contribution is 2.39. The molecule has 4 nitrogen and oxygen atoms in total. The monoisotopic (exact) mass is 198 g/mol. The predicted octanol–water partition coefficient (Wildman–Crippen LogP) is 0.321. The minimum atomic E-state index is -0.733. The third kappa shape index (κ3) is 1.64. The van der Waals surface area contributed by atoms with Crippen molar-refractivity contribution in [1.29, 1.82) is 0 Å². The van der Waals surface area contributed by atoms with E-state index in [1.54, 1.807) is 0 Å². The van der Waals surface area contributed by atoms with Gasteiger partial charge in [-0.2, -0.15) is 0 Å². The summed E-state index contributed by atoms with van der Waals surface area (Å²) in [5.74, 6) is -0.255. The molecule has 0 radical (unpaired) electrons. The Morgan fingerprint density at radius 1 is 1.43 bits per heavy atom. The summed E-state index contributed by atoms with van der Waals surface area (Å²) in [6.07, 6.45) is 5.13. The van der Waals surface area contributed by atoms with Gasteiger partial charge in [-0.15, -0.1) is 0 Å². The van der Waals surface area contributed by atoms with Crippen LogP contribution in [0.25, 0.3) is 0 Å². The molecule has 1 aliphatic heterocycles. The van der Waals surface area contributed by atoms with Crippen molar-refractivity contribution >= 4 is 5.97 Å². The average Bonchev–Trinajstić information content (AvgIpc) is 2.14. The van der Waals surface area contributed by atoms with Crippen molar-refractivity contribution in [3.05, 3.63) is 0 Å². The molecule has 1 saturated carbocycles. The lowest BCUT2D eigenvalue weighted by molar-refractivity contribution is -0.140. The second kappa shape index (κ2) is 3.51. The molecule has 1 saturated heterocycles. The van der Waals surface area contributed by atoms with Crippen LogP contribution in [0.4, 0.5) is 0 Å². The van der Waals surface area contributed by atoms with Gasteiger partial charge in [0.25, 0.3) is 0 Å². The quantitative estimate of drug-likeness (QED) is 0.597. The van der Waals surface area contributed by atoms with Gasteiger partial charge >= 0.3 is 5.97 Å². The van der Waals surface area contributed by atoms with Crippen LogP contribution >= 0.6 is 0 Å². The average molecular weight is 198 g/mol. The molecule has 0 aromatic heterocycles. The fraction of sp³-hybridized carbons (Fsp3) is 0.900. The topological polar surface area (TPSA) is 75.4 Å². The smallest absolute Gasteiger partial charge is 0.320 e. The number of aliphatic carboxylic acids is 1. The first-order chi connectivity index (χ1) is 6.62. The summed E-state index contributed by atoms with van der Waals surface area (Å²) in [6.45, 7) is 0.771. The zero-order chi connectivity index (χ0) is 10.2. The molecule has 0 aromatic rings. The molecule has 0 bridgehead atoms. The Labute approximate surface area is 83.9 Å². The molecular formula is C10H18N2O2. The molecule has 2 aliphatic rings. The van der Waals surface area contributed by atoms with Crippen LogP contribution in [0.3, 0.4) is 0 Å². The van der Waals surface area contributed by atoms with Crippen LogP contribution in [-0.2, 0) is 4.79 Å². The highest BCUT2D eigenvalue weighted by molar-refractivity contribution is 5.73. The number of carboxylic acids is 1. The van der Waals surface area contributed by atoms with Crippen LogP contribution in [0.2, 0.25) is 0 Å². The minimum absolute atomic E-state index is 0.0104. The number of hydrogen-bond donors (Lipinski definition) is 3. The zero-order valence-electron chi connectivity index (χ0n) is 8.33. The van der Waals surface area contributed by atoms with Crippen LogP contribution in [0.1, 0.15) is 32.1 Å². The van der Waals surface area contributed by atoms with E-state index in [9.17, 15) is 4.79 Å². The van der Waals surface area contributed by atoms with Crippen LogP contribution in [-0.4, -0.2) is 29.2 Å².